The van der Waals surface area contributed by atoms with Crippen LogP contribution in [0.4, 0.5) is 5.95 Å². The Morgan fingerprint density at radius 1 is 0.622 bits per heavy atom. The van der Waals surface area contributed by atoms with Gasteiger partial charge in [0.15, 0.2) is 10.3 Å². The lowest BCUT2D eigenvalue weighted by atomic mass is 10.1. The third-order valence-electron chi connectivity index (χ3n) is 5.79. The van der Waals surface area contributed by atoms with Gasteiger partial charge in [-0.2, -0.15) is 15.0 Å². The Balaban J connectivity index is 2.51. The maximum absolute atomic E-state index is 12.2. The lowest BCUT2D eigenvalue weighted by Crippen LogP contribution is -2.25. The molecule has 0 aliphatic heterocycles. The van der Waals surface area contributed by atoms with Crippen LogP contribution in [0.15, 0.2) is 10.3 Å². The highest BCUT2D eigenvalue weighted by atomic mass is 32.2. The van der Waals surface area contributed by atoms with Crippen LogP contribution in [0.1, 0.15) is 105 Å². The molecule has 0 aliphatic carbocycles. The summed E-state index contributed by atoms with van der Waals surface area (Å²) in [5, 5.41) is 0.910. The van der Waals surface area contributed by atoms with E-state index >= 15 is 0 Å². The van der Waals surface area contributed by atoms with Gasteiger partial charge in [-0.15, -0.1) is 0 Å². The zero-order valence-corrected chi connectivity index (χ0v) is 25.1. The average Bonchev–Trinajstić information content (AvgIpc) is 2.90. The molecule has 1 aromatic heterocycles. The Bertz CT molecular complexity index is 699. The van der Waals surface area contributed by atoms with Crippen molar-refractivity contribution in [3.8, 4) is 0 Å². The van der Waals surface area contributed by atoms with Crippen molar-refractivity contribution >= 4 is 41.4 Å². The second-order valence-corrected chi connectivity index (χ2v) is 10.8. The minimum atomic E-state index is -0.268. The van der Waals surface area contributed by atoms with Gasteiger partial charge in [-0.05, 0) is 26.7 Å². The number of unbranched alkanes of at least 4 members (excludes halogenated alkanes) is 10. The van der Waals surface area contributed by atoms with E-state index in [1.807, 2.05) is 18.7 Å². The predicted molar refractivity (Wildman–Crippen MR) is 154 cm³/mol. The molecule has 0 atom stereocenters. The first-order valence-electron chi connectivity index (χ1n) is 14.1. The fraction of sp³-hybridized carbons (Fsp3) is 0.815. The third kappa shape index (κ3) is 16.8. The van der Waals surface area contributed by atoms with E-state index in [0.29, 0.717) is 29.5 Å². The smallest absolute Gasteiger partial charge is 0.316 e. The summed E-state index contributed by atoms with van der Waals surface area (Å²) in [5.41, 5.74) is 0. The fourth-order valence-corrected chi connectivity index (χ4v) is 4.88. The lowest BCUT2D eigenvalue weighted by Gasteiger charge is -2.19. The Morgan fingerprint density at radius 2 is 1.03 bits per heavy atom. The van der Waals surface area contributed by atoms with Crippen LogP contribution in [-0.2, 0) is 19.1 Å². The maximum atomic E-state index is 12.2. The summed E-state index contributed by atoms with van der Waals surface area (Å²) in [6, 6.07) is 0. The normalized spacial score (nSPS) is 10.9. The fourth-order valence-electron chi connectivity index (χ4n) is 3.57. The molecule has 0 saturated carbocycles. The molecule has 8 nitrogen and oxygen atoms in total. The molecule has 0 saturated heterocycles. The number of hydrogen-bond acceptors (Lipinski definition) is 10. The van der Waals surface area contributed by atoms with E-state index in [2.05, 4.69) is 28.8 Å². The Hall–Kier alpha value is -1.55. The molecule has 0 fully saturated rings. The summed E-state index contributed by atoms with van der Waals surface area (Å²) in [7, 11) is 0. The van der Waals surface area contributed by atoms with E-state index in [4.69, 9.17) is 9.47 Å². The molecular weight excluding hydrogens is 508 g/mol. The molecule has 1 rings (SSSR count). The first-order valence-corrected chi connectivity index (χ1v) is 16.1. The second kappa shape index (κ2) is 22.4. The number of hydrogen-bond donors (Lipinski definition) is 0. The van der Waals surface area contributed by atoms with Gasteiger partial charge in [-0.3, -0.25) is 9.59 Å². The van der Waals surface area contributed by atoms with Crippen LogP contribution in [0.2, 0.25) is 0 Å². The minimum Gasteiger partial charge on any atom is -0.465 e. The first-order chi connectivity index (χ1) is 18.0. The lowest BCUT2D eigenvalue weighted by molar-refractivity contribution is -0.141. The summed E-state index contributed by atoms with van der Waals surface area (Å²) < 4.78 is 10.7. The van der Waals surface area contributed by atoms with Crippen molar-refractivity contribution in [2.75, 3.05) is 42.7 Å². The van der Waals surface area contributed by atoms with Crippen molar-refractivity contribution in [1.82, 2.24) is 15.0 Å². The van der Waals surface area contributed by atoms with Crippen LogP contribution < -0.4 is 4.90 Å². The maximum Gasteiger partial charge on any atom is 0.316 e. The molecule has 0 N–H and O–H groups in total. The highest BCUT2D eigenvalue weighted by Crippen LogP contribution is 2.22. The molecule has 212 valence electrons. The summed E-state index contributed by atoms with van der Waals surface area (Å²) in [6.45, 7) is 10.9. The number of esters is 2. The van der Waals surface area contributed by atoms with E-state index in [1.54, 1.807) is 0 Å². The van der Waals surface area contributed by atoms with Gasteiger partial charge in [0.1, 0.15) is 0 Å². The van der Waals surface area contributed by atoms with E-state index in [0.717, 1.165) is 38.8 Å². The molecule has 37 heavy (non-hydrogen) atoms. The zero-order chi connectivity index (χ0) is 27.1. The van der Waals surface area contributed by atoms with Crippen LogP contribution >= 0.6 is 23.5 Å². The van der Waals surface area contributed by atoms with Gasteiger partial charge >= 0.3 is 11.9 Å². The second-order valence-electron chi connectivity index (χ2n) is 8.93. The Kier molecular flexibility index (Phi) is 20.3. The van der Waals surface area contributed by atoms with Crippen molar-refractivity contribution < 1.29 is 19.1 Å². The first kappa shape index (κ1) is 33.5. The molecular formula is C27H48N4O4S2. The molecule has 1 aromatic rings. The summed E-state index contributed by atoms with van der Waals surface area (Å²) >= 11 is 2.47. The van der Waals surface area contributed by atoms with Gasteiger partial charge in [0.25, 0.3) is 0 Å². The molecule has 0 spiro atoms. The zero-order valence-electron chi connectivity index (χ0n) is 23.5. The van der Waals surface area contributed by atoms with Crippen molar-refractivity contribution in [1.29, 1.82) is 0 Å². The highest BCUT2D eigenvalue weighted by molar-refractivity contribution is 8.00. The topological polar surface area (TPSA) is 94.5 Å². The number of aromatic nitrogens is 3. The SMILES string of the molecule is CCCCCCCCOC(=O)CSc1nc(SCC(=O)OCCCCCCCC)nc(N(CC)CC)n1. The average molecular weight is 557 g/mol. The summed E-state index contributed by atoms with van der Waals surface area (Å²) in [4.78, 5) is 39.9. The third-order valence-corrected chi connectivity index (χ3v) is 7.43. The molecule has 10 heteroatoms. The summed E-state index contributed by atoms with van der Waals surface area (Å²) in [5.74, 6) is 0.293. The van der Waals surface area contributed by atoms with E-state index < -0.39 is 0 Å². The number of ether oxygens (including phenoxy) is 2. The quantitative estimate of drug-likeness (QED) is 0.0822. The van der Waals surface area contributed by atoms with Crippen LogP contribution in [0.25, 0.3) is 0 Å². The minimum absolute atomic E-state index is 0.141. The number of anilines is 1. The van der Waals surface area contributed by atoms with Crippen molar-refractivity contribution in [3.05, 3.63) is 0 Å². The predicted octanol–water partition coefficient (Wildman–Crippen LogP) is 6.71. The van der Waals surface area contributed by atoms with Crippen LogP contribution in [0.3, 0.4) is 0 Å². The Morgan fingerprint density at radius 3 is 1.43 bits per heavy atom. The highest BCUT2D eigenvalue weighted by Gasteiger charge is 2.15. The molecule has 0 amide bonds. The van der Waals surface area contributed by atoms with Crippen molar-refractivity contribution in [3.63, 3.8) is 0 Å². The van der Waals surface area contributed by atoms with Crippen LogP contribution in [0.5, 0.6) is 0 Å². The van der Waals surface area contributed by atoms with Gasteiger partial charge in [-0.25, -0.2) is 0 Å². The largest absolute Gasteiger partial charge is 0.465 e. The number of nitrogens with zero attached hydrogens (tertiary/aromatic N) is 4. The monoisotopic (exact) mass is 556 g/mol. The standard InChI is InChI=1S/C27H48N4O4S2/c1-5-9-11-13-15-17-19-34-23(32)21-36-26-28-25(31(7-3)8-4)29-27(30-26)37-22-24(33)35-20-18-16-14-12-10-6-2/h5-22H2,1-4H3. The molecule has 1 heterocycles. The van der Waals surface area contributed by atoms with E-state index in [1.165, 1.54) is 74.9 Å². The molecule has 0 aliphatic rings. The van der Waals surface area contributed by atoms with Crippen molar-refractivity contribution in [2.24, 2.45) is 0 Å². The summed E-state index contributed by atoms with van der Waals surface area (Å²) in [6.07, 6.45) is 13.8. The van der Waals surface area contributed by atoms with Gasteiger partial charge in [0.05, 0.1) is 24.7 Å². The van der Waals surface area contributed by atoms with Crippen LogP contribution in [-0.4, -0.2) is 64.7 Å². The number of carbonyl (C=O) groups excluding carboxylic acids is 2. The van der Waals surface area contributed by atoms with Gasteiger partial charge < -0.3 is 14.4 Å². The molecule has 0 radical (unpaired) electrons. The van der Waals surface area contributed by atoms with E-state index in [-0.39, 0.29) is 23.4 Å². The molecule has 0 bridgehead atoms. The van der Waals surface area contributed by atoms with Gasteiger partial charge in [0.2, 0.25) is 5.95 Å². The number of rotatable bonds is 23. The van der Waals surface area contributed by atoms with Gasteiger partial charge in [-0.1, -0.05) is 102 Å². The number of carbonyl (C=O) groups is 2. The molecule has 0 unspecified atom stereocenters. The van der Waals surface area contributed by atoms with Crippen molar-refractivity contribution in [2.45, 2.75) is 115 Å². The number of thioether (sulfide) groups is 2. The van der Waals surface area contributed by atoms with Gasteiger partial charge in [0, 0.05) is 13.1 Å². The van der Waals surface area contributed by atoms with E-state index in [9.17, 15) is 9.59 Å². The molecule has 0 aromatic carbocycles. The Labute approximate surface area is 232 Å². The van der Waals surface area contributed by atoms with Crippen LogP contribution in [0, 0.1) is 0 Å².